The molecule has 0 saturated heterocycles. The highest BCUT2D eigenvalue weighted by Gasteiger charge is 1.89. The molecule has 0 bridgehead atoms. The molecule has 0 aliphatic rings. The molecule has 1 rings (SSSR count). The number of halogens is 1. The maximum absolute atomic E-state index is 10.3. The first-order valence-electron chi connectivity index (χ1n) is 3.27. The van der Waals surface area contributed by atoms with Crippen LogP contribution in [0.2, 0.25) is 0 Å². The average molecular weight is 227 g/mol. The first-order valence-corrected chi connectivity index (χ1v) is 4.07. The molecule has 0 aliphatic carbocycles. The zero-order chi connectivity index (χ0) is 8.97. The van der Waals surface area contributed by atoms with Crippen LogP contribution >= 0.6 is 15.9 Å². The second kappa shape index (κ2) is 4.01. The number of amides is 1. The van der Waals surface area contributed by atoms with Crippen LogP contribution in [0.15, 0.2) is 29.0 Å². The van der Waals surface area contributed by atoms with Crippen LogP contribution in [-0.2, 0) is 4.79 Å². The van der Waals surface area contributed by atoms with Gasteiger partial charge in [0.15, 0.2) is 0 Å². The van der Waals surface area contributed by atoms with Crippen LogP contribution in [0.4, 0.5) is 0 Å². The Labute approximate surface area is 78.4 Å². The quantitative estimate of drug-likeness (QED) is 0.612. The van der Waals surface area contributed by atoms with Gasteiger partial charge in [-0.15, -0.1) is 0 Å². The Bertz CT molecular complexity index is 305. The summed E-state index contributed by atoms with van der Waals surface area (Å²) < 4.78 is 0.763. The topological polar surface area (TPSA) is 56.0 Å². The van der Waals surface area contributed by atoms with Crippen LogP contribution in [-0.4, -0.2) is 10.9 Å². The Hall–Kier alpha value is -1.16. The number of nitrogens with zero attached hydrogens (tertiary/aromatic N) is 1. The summed E-state index contributed by atoms with van der Waals surface area (Å²) in [6, 6.07) is 3.62. The molecule has 12 heavy (non-hydrogen) atoms. The first-order chi connectivity index (χ1) is 5.68. The van der Waals surface area contributed by atoms with Gasteiger partial charge in [-0.1, -0.05) is 6.07 Å². The summed E-state index contributed by atoms with van der Waals surface area (Å²) >= 11 is 3.20. The van der Waals surface area contributed by atoms with Gasteiger partial charge in [-0.25, -0.2) is 4.98 Å². The van der Waals surface area contributed by atoms with Crippen molar-refractivity contribution in [2.75, 3.05) is 0 Å². The highest BCUT2D eigenvalue weighted by molar-refractivity contribution is 9.10. The number of carbonyl (C=O) groups is 1. The minimum absolute atomic E-state index is 0.460. The van der Waals surface area contributed by atoms with Crippen molar-refractivity contribution in [1.82, 2.24) is 4.98 Å². The smallest absolute Gasteiger partial charge is 0.241 e. The second-order valence-corrected chi connectivity index (χ2v) is 2.96. The number of primary amides is 1. The third-order valence-corrected chi connectivity index (χ3v) is 1.66. The summed E-state index contributed by atoms with van der Waals surface area (Å²) in [5.74, 6) is -0.460. The summed E-state index contributed by atoms with van der Waals surface area (Å²) in [7, 11) is 0. The van der Waals surface area contributed by atoms with E-state index in [1.54, 1.807) is 18.3 Å². The van der Waals surface area contributed by atoms with E-state index in [2.05, 4.69) is 20.9 Å². The minimum atomic E-state index is -0.460. The molecule has 0 radical (unpaired) electrons. The number of nitrogens with two attached hydrogens (primary N) is 1. The number of hydrogen-bond donors (Lipinski definition) is 1. The van der Waals surface area contributed by atoms with E-state index in [1.807, 2.05) is 6.07 Å². The predicted octanol–water partition coefficient (Wildman–Crippen LogP) is 1.34. The van der Waals surface area contributed by atoms with Crippen molar-refractivity contribution in [3.8, 4) is 0 Å². The predicted molar refractivity (Wildman–Crippen MR) is 50.2 cm³/mol. The maximum atomic E-state index is 10.3. The van der Waals surface area contributed by atoms with Gasteiger partial charge in [-0.3, -0.25) is 4.79 Å². The van der Waals surface area contributed by atoms with Crippen molar-refractivity contribution in [3.05, 3.63) is 34.6 Å². The lowest BCUT2D eigenvalue weighted by Crippen LogP contribution is -2.05. The molecule has 0 unspecified atom stereocenters. The van der Waals surface area contributed by atoms with Crippen LogP contribution in [0, 0.1) is 0 Å². The van der Waals surface area contributed by atoms with E-state index in [0.29, 0.717) is 0 Å². The fourth-order valence-electron chi connectivity index (χ4n) is 0.664. The van der Waals surface area contributed by atoms with E-state index in [1.165, 1.54) is 6.08 Å². The summed E-state index contributed by atoms with van der Waals surface area (Å²) in [5.41, 5.74) is 5.76. The van der Waals surface area contributed by atoms with Gasteiger partial charge in [0, 0.05) is 12.3 Å². The van der Waals surface area contributed by atoms with Gasteiger partial charge in [0.1, 0.15) is 4.60 Å². The third-order valence-electron chi connectivity index (χ3n) is 1.19. The van der Waals surface area contributed by atoms with Gasteiger partial charge in [0.05, 0.1) is 0 Å². The second-order valence-electron chi connectivity index (χ2n) is 2.15. The molecule has 4 heteroatoms. The molecule has 0 saturated carbocycles. The largest absolute Gasteiger partial charge is 0.366 e. The molecule has 0 atom stereocenters. The molecule has 1 aromatic heterocycles. The molecule has 0 aliphatic heterocycles. The van der Waals surface area contributed by atoms with E-state index >= 15 is 0 Å². The summed E-state index contributed by atoms with van der Waals surface area (Å²) in [6.07, 6.45) is 4.55. The van der Waals surface area contributed by atoms with Crippen LogP contribution in [0.25, 0.3) is 6.08 Å². The fourth-order valence-corrected chi connectivity index (χ4v) is 0.899. The summed E-state index contributed by atoms with van der Waals surface area (Å²) in [6.45, 7) is 0. The van der Waals surface area contributed by atoms with Gasteiger partial charge in [0.2, 0.25) is 5.91 Å². The zero-order valence-corrected chi connectivity index (χ0v) is 7.78. The Morgan fingerprint density at radius 1 is 1.58 bits per heavy atom. The lowest BCUT2D eigenvalue weighted by Gasteiger charge is -1.91. The molecular weight excluding hydrogens is 220 g/mol. The van der Waals surface area contributed by atoms with Crippen LogP contribution in [0.1, 0.15) is 5.56 Å². The molecule has 62 valence electrons. The SMILES string of the molecule is NC(=O)C=Cc1ccc(Br)nc1. The van der Waals surface area contributed by atoms with Crippen LogP contribution in [0.5, 0.6) is 0 Å². The molecule has 3 nitrogen and oxygen atoms in total. The average Bonchev–Trinajstić information content (AvgIpc) is 2.03. The number of hydrogen-bond acceptors (Lipinski definition) is 2. The molecule has 1 aromatic rings. The maximum Gasteiger partial charge on any atom is 0.241 e. The van der Waals surface area contributed by atoms with Gasteiger partial charge in [0.25, 0.3) is 0 Å². The standard InChI is InChI=1S/C8H7BrN2O/c9-7-3-1-6(5-11-7)2-4-8(10)12/h1-5H,(H2,10,12). The molecular formula is C8H7BrN2O. The van der Waals surface area contributed by atoms with Crippen molar-refractivity contribution >= 4 is 27.9 Å². The van der Waals surface area contributed by atoms with Crippen molar-refractivity contribution in [1.29, 1.82) is 0 Å². The van der Waals surface area contributed by atoms with Gasteiger partial charge in [-0.05, 0) is 33.6 Å². The number of carbonyl (C=O) groups excluding carboxylic acids is 1. The number of pyridine rings is 1. The Balaban J connectivity index is 2.77. The monoisotopic (exact) mass is 226 g/mol. The fraction of sp³-hybridized carbons (Fsp3) is 0. The zero-order valence-electron chi connectivity index (χ0n) is 6.20. The molecule has 0 aromatic carbocycles. The first kappa shape index (κ1) is 8.93. The van der Waals surface area contributed by atoms with Crippen molar-refractivity contribution in [3.63, 3.8) is 0 Å². The molecule has 0 fully saturated rings. The van der Waals surface area contributed by atoms with E-state index in [9.17, 15) is 4.79 Å². The van der Waals surface area contributed by atoms with E-state index in [0.717, 1.165) is 10.2 Å². The Morgan fingerprint density at radius 3 is 2.83 bits per heavy atom. The van der Waals surface area contributed by atoms with Gasteiger partial charge >= 0.3 is 0 Å². The molecule has 2 N–H and O–H groups in total. The van der Waals surface area contributed by atoms with E-state index in [4.69, 9.17) is 5.73 Å². The highest BCUT2D eigenvalue weighted by atomic mass is 79.9. The summed E-state index contributed by atoms with van der Waals surface area (Å²) in [4.78, 5) is 14.3. The van der Waals surface area contributed by atoms with E-state index in [-0.39, 0.29) is 0 Å². The lowest BCUT2D eigenvalue weighted by molar-refractivity contribution is -0.113. The van der Waals surface area contributed by atoms with Gasteiger partial charge < -0.3 is 5.73 Å². The third kappa shape index (κ3) is 2.84. The van der Waals surface area contributed by atoms with Crippen LogP contribution in [0.3, 0.4) is 0 Å². The normalized spacial score (nSPS) is 10.4. The van der Waals surface area contributed by atoms with Crippen molar-refractivity contribution in [2.24, 2.45) is 5.73 Å². The molecule has 1 amide bonds. The molecule has 0 spiro atoms. The van der Waals surface area contributed by atoms with Crippen molar-refractivity contribution < 1.29 is 4.79 Å². The van der Waals surface area contributed by atoms with Gasteiger partial charge in [-0.2, -0.15) is 0 Å². The molecule has 1 heterocycles. The minimum Gasteiger partial charge on any atom is -0.366 e. The van der Waals surface area contributed by atoms with Crippen molar-refractivity contribution in [2.45, 2.75) is 0 Å². The Morgan fingerprint density at radius 2 is 2.33 bits per heavy atom. The van der Waals surface area contributed by atoms with E-state index < -0.39 is 5.91 Å². The lowest BCUT2D eigenvalue weighted by atomic mass is 10.2. The number of rotatable bonds is 2. The highest BCUT2D eigenvalue weighted by Crippen LogP contribution is 2.07. The van der Waals surface area contributed by atoms with Crippen LogP contribution < -0.4 is 5.73 Å². The number of aromatic nitrogens is 1. The summed E-state index contributed by atoms with van der Waals surface area (Å²) in [5, 5.41) is 0. The Kier molecular flexibility index (Phi) is 2.99.